The second kappa shape index (κ2) is 12.4. The smallest absolute Gasteiger partial charge is 0.164 e. The number of nitrogens with zero attached hydrogens (tertiary/aromatic N) is 1. The summed E-state index contributed by atoms with van der Waals surface area (Å²) in [7, 11) is 0. The van der Waals surface area contributed by atoms with Crippen molar-refractivity contribution in [3.8, 4) is 0 Å². The van der Waals surface area contributed by atoms with Crippen LogP contribution in [0.3, 0.4) is 0 Å². The zero-order valence-electron chi connectivity index (χ0n) is 22.3. The molecular weight excluding hydrogens is 499 g/mol. The molecule has 0 spiro atoms. The van der Waals surface area contributed by atoms with Gasteiger partial charge in [0.05, 0.1) is 5.25 Å². The topological polar surface area (TPSA) is 12.5 Å². The average molecular weight is 540 g/mol. The molecule has 0 saturated carbocycles. The Kier molecular flexibility index (Phi) is 9.51. The molecule has 1 aliphatic carbocycles. The van der Waals surface area contributed by atoms with E-state index in [2.05, 4.69) is 82.2 Å². The van der Waals surface area contributed by atoms with E-state index in [-0.39, 0.29) is 5.25 Å². The molecule has 2 nitrogen and oxygen atoms in total. The number of thioether (sulfide) groups is 1. The van der Waals surface area contributed by atoms with Crippen LogP contribution in [0, 0.1) is 6.92 Å². The first-order valence-electron chi connectivity index (χ1n) is 13.5. The van der Waals surface area contributed by atoms with Crippen molar-refractivity contribution in [3.63, 3.8) is 0 Å². The van der Waals surface area contributed by atoms with Crippen LogP contribution in [0.1, 0.15) is 87.5 Å². The van der Waals surface area contributed by atoms with Gasteiger partial charge in [0.15, 0.2) is 5.05 Å². The van der Waals surface area contributed by atoms with Gasteiger partial charge in [-0.3, -0.25) is 0 Å². The number of thiol groups is 1. The summed E-state index contributed by atoms with van der Waals surface area (Å²) in [6.45, 7) is 13.6. The number of unbranched alkanes of at least 4 members (excludes halogenated alkanes) is 2. The highest BCUT2D eigenvalue weighted by atomic mass is 32.2. The lowest BCUT2D eigenvalue weighted by atomic mass is 9.80. The van der Waals surface area contributed by atoms with Gasteiger partial charge in [0.1, 0.15) is 12.0 Å². The van der Waals surface area contributed by atoms with E-state index in [1.54, 1.807) is 0 Å². The highest BCUT2D eigenvalue weighted by Gasteiger charge is 2.46. The van der Waals surface area contributed by atoms with E-state index in [1.165, 1.54) is 77.0 Å². The number of hydrogen-bond donors (Lipinski definition) is 1. The molecule has 1 saturated heterocycles. The number of fused-ring (bicyclic) bond motifs is 1. The number of thiocarbonyl (C=S) groups is 1. The van der Waals surface area contributed by atoms with Crippen molar-refractivity contribution in [1.29, 1.82) is 0 Å². The maximum atomic E-state index is 6.05. The molecule has 0 aromatic heterocycles. The maximum absolute atomic E-state index is 6.05. The Morgan fingerprint density at radius 1 is 1.28 bits per heavy atom. The van der Waals surface area contributed by atoms with Crippen molar-refractivity contribution >= 4 is 41.7 Å². The summed E-state index contributed by atoms with van der Waals surface area (Å²) in [4.78, 5) is 3.55. The Morgan fingerprint density at radius 2 is 2.08 bits per heavy atom. The van der Waals surface area contributed by atoms with Crippen LogP contribution < -0.4 is 0 Å². The van der Waals surface area contributed by atoms with Crippen molar-refractivity contribution in [2.24, 2.45) is 0 Å². The molecule has 0 bridgehead atoms. The van der Waals surface area contributed by atoms with Gasteiger partial charge in [0, 0.05) is 28.6 Å². The minimum absolute atomic E-state index is 0.248. The Bertz CT molecular complexity index is 1100. The van der Waals surface area contributed by atoms with Crippen LogP contribution >= 0.6 is 36.6 Å². The maximum Gasteiger partial charge on any atom is 0.164 e. The molecule has 3 aliphatic rings. The number of ether oxygens (including phenoxy) is 1. The Balaban J connectivity index is 1.42. The van der Waals surface area contributed by atoms with Crippen LogP contribution in [0.25, 0.3) is 0 Å². The van der Waals surface area contributed by atoms with Crippen molar-refractivity contribution in [2.45, 2.75) is 95.6 Å². The quantitative estimate of drug-likeness (QED) is 0.138. The molecule has 3 atom stereocenters. The second-order valence-electron chi connectivity index (χ2n) is 10.5. The normalized spacial score (nSPS) is 23.7. The molecule has 3 unspecified atom stereocenters. The van der Waals surface area contributed by atoms with Crippen LogP contribution in [0.4, 0.5) is 0 Å². The second-order valence-corrected chi connectivity index (χ2v) is 12.7. The molecule has 36 heavy (non-hydrogen) atoms. The summed E-state index contributed by atoms with van der Waals surface area (Å²) in [5, 5.41) is 1.31. The van der Waals surface area contributed by atoms with E-state index in [9.17, 15) is 0 Å². The summed E-state index contributed by atoms with van der Waals surface area (Å²) in [6.07, 6.45) is 16.1. The molecule has 1 aromatic rings. The van der Waals surface area contributed by atoms with Crippen molar-refractivity contribution < 1.29 is 4.74 Å². The standard InChI is InChI=1S/C31H41NOS3/c1-6-7-8-12-24-17-21(3)29(25-13-9-11-20(2)16-25)26(18-24)19-28(34)33-15-10-14-27-22(4)32-23(5)30(35)31(32)36-27/h10,14,16-18,25,30-31,35H,5-9,11-13,15,19H2,1-4H3/b14-10+. The van der Waals surface area contributed by atoms with Gasteiger partial charge in [0.2, 0.25) is 0 Å². The summed E-state index contributed by atoms with van der Waals surface area (Å²) in [5.74, 6) is 0.492. The zero-order chi connectivity index (χ0) is 25.8. The minimum atomic E-state index is 0.248. The predicted octanol–water partition coefficient (Wildman–Crippen LogP) is 8.82. The lowest BCUT2D eigenvalue weighted by Crippen LogP contribution is -2.48. The number of hydrogen-bond acceptors (Lipinski definition) is 5. The summed E-state index contributed by atoms with van der Waals surface area (Å²) in [5.41, 5.74) is 9.55. The van der Waals surface area contributed by atoms with Crippen LogP contribution in [0.5, 0.6) is 0 Å². The van der Waals surface area contributed by atoms with Gasteiger partial charge in [-0.2, -0.15) is 12.6 Å². The van der Waals surface area contributed by atoms with E-state index in [0.717, 1.165) is 12.1 Å². The number of benzene rings is 1. The number of allylic oxidation sites excluding steroid dienone is 4. The Morgan fingerprint density at radius 3 is 2.81 bits per heavy atom. The monoisotopic (exact) mass is 539 g/mol. The van der Waals surface area contributed by atoms with E-state index >= 15 is 0 Å². The molecule has 2 aliphatic heterocycles. The number of rotatable bonds is 10. The van der Waals surface area contributed by atoms with Gasteiger partial charge in [-0.25, -0.2) is 0 Å². The molecule has 5 heteroatoms. The lowest BCUT2D eigenvalue weighted by molar-refractivity contribution is 0.312. The molecule has 1 fully saturated rings. The highest BCUT2D eigenvalue weighted by Crippen LogP contribution is 2.52. The zero-order valence-corrected chi connectivity index (χ0v) is 24.8. The van der Waals surface area contributed by atoms with E-state index in [0.29, 0.717) is 29.4 Å². The third-order valence-corrected chi connectivity index (χ3v) is 10.1. The lowest BCUT2D eigenvalue weighted by Gasteiger charge is -2.44. The van der Waals surface area contributed by atoms with Gasteiger partial charge in [-0.15, -0.1) is 0 Å². The van der Waals surface area contributed by atoms with Crippen LogP contribution in [-0.4, -0.2) is 27.2 Å². The fraction of sp³-hybridized carbons (Fsp3) is 0.516. The number of aryl methyl sites for hydroxylation is 2. The average Bonchev–Trinajstić information content (AvgIpc) is 3.14. The highest BCUT2D eigenvalue weighted by molar-refractivity contribution is 8.04. The SMILES string of the molecule is C=C1C(S)C2SC(/C=C/COC(=S)Cc3cc(CCCCC)cc(C)c3C3C=C(C)CCC3)=C(C)N12. The van der Waals surface area contributed by atoms with Crippen molar-refractivity contribution in [3.05, 3.63) is 81.1 Å². The first-order valence-corrected chi connectivity index (χ1v) is 15.3. The van der Waals surface area contributed by atoms with Gasteiger partial charge in [-0.05, 0) is 99.5 Å². The van der Waals surface area contributed by atoms with Crippen LogP contribution in [0.2, 0.25) is 0 Å². The fourth-order valence-corrected chi connectivity index (χ4v) is 7.79. The minimum Gasteiger partial charge on any atom is -0.483 e. The molecule has 0 amide bonds. The fourth-order valence-electron chi connectivity index (χ4n) is 5.74. The van der Waals surface area contributed by atoms with Gasteiger partial charge in [0.25, 0.3) is 0 Å². The molecule has 194 valence electrons. The van der Waals surface area contributed by atoms with Crippen LogP contribution in [0.15, 0.2) is 58.8 Å². The van der Waals surface area contributed by atoms with Gasteiger partial charge in [-0.1, -0.05) is 61.9 Å². The first-order chi connectivity index (χ1) is 17.3. The predicted molar refractivity (Wildman–Crippen MR) is 164 cm³/mol. The van der Waals surface area contributed by atoms with E-state index < -0.39 is 0 Å². The molecule has 2 heterocycles. The van der Waals surface area contributed by atoms with Crippen molar-refractivity contribution in [2.75, 3.05) is 6.61 Å². The molecule has 1 aromatic carbocycles. The Hall–Kier alpha value is -1.43. The summed E-state index contributed by atoms with van der Waals surface area (Å²) in [6, 6.07) is 4.83. The Labute approximate surface area is 233 Å². The third kappa shape index (κ3) is 6.16. The van der Waals surface area contributed by atoms with Crippen molar-refractivity contribution in [1.82, 2.24) is 4.90 Å². The molecular formula is C31H41NOS3. The van der Waals surface area contributed by atoms with E-state index in [4.69, 9.17) is 17.0 Å². The molecule has 4 rings (SSSR count). The third-order valence-electron chi connectivity index (χ3n) is 7.63. The first kappa shape index (κ1) is 27.6. The molecule has 0 radical (unpaired) electrons. The van der Waals surface area contributed by atoms with E-state index in [1.807, 2.05) is 11.8 Å². The van der Waals surface area contributed by atoms with Gasteiger partial charge >= 0.3 is 0 Å². The molecule has 0 N–H and O–H groups in total. The largest absolute Gasteiger partial charge is 0.483 e. The summed E-state index contributed by atoms with van der Waals surface area (Å²) < 4.78 is 6.05. The van der Waals surface area contributed by atoms with Crippen LogP contribution in [-0.2, 0) is 17.6 Å². The summed E-state index contributed by atoms with van der Waals surface area (Å²) >= 11 is 12.3. The van der Waals surface area contributed by atoms with Gasteiger partial charge < -0.3 is 9.64 Å².